The quantitative estimate of drug-likeness (QED) is 0.736. The van der Waals surface area contributed by atoms with E-state index in [1.165, 1.54) is 12.8 Å². The number of rotatable bonds is 3. The Morgan fingerprint density at radius 3 is 2.68 bits per heavy atom. The Morgan fingerprint density at radius 2 is 1.92 bits per heavy atom. The van der Waals surface area contributed by atoms with Crippen LogP contribution < -0.4 is 9.80 Å². The highest BCUT2D eigenvalue weighted by atomic mass is 16.2. The summed E-state index contributed by atoms with van der Waals surface area (Å²) in [7, 11) is 1.79. The molecular weight excluding hydrogens is 312 g/mol. The summed E-state index contributed by atoms with van der Waals surface area (Å²) in [6, 6.07) is 13.5. The topological polar surface area (TPSA) is 49.3 Å². The van der Waals surface area contributed by atoms with Gasteiger partial charge in [0.2, 0.25) is 0 Å². The minimum atomic E-state index is -0.0660. The number of anilines is 2. The molecule has 0 atom stereocenters. The minimum Gasteiger partial charge on any atom is -0.357 e. The summed E-state index contributed by atoms with van der Waals surface area (Å²) < 4.78 is 0. The lowest BCUT2D eigenvalue weighted by Gasteiger charge is -2.19. The molecule has 126 valence electrons. The SMILES string of the molecule is CN(C(=O)c1ccc(N2CCCC2)nc1)c1ccc2ncccc2c1. The standard InChI is InChI=1S/C20H20N4O/c1-23(17-7-8-18-15(13-17)5-4-10-21-18)20(25)16-6-9-19(22-14-16)24-11-2-3-12-24/h4-10,13-14H,2-3,11-12H2,1H3. The average molecular weight is 332 g/mol. The van der Waals surface area contributed by atoms with Crippen LogP contribution in [0, 0.1) is 0 Å². The second-order valence-electron chi connectivity index (χ2n) is 6.34. The molecule has 0 radical (unpaired) electrons. The molecule has 0 aliphatic carbocycles. The van der Waals surface area contributed by atoms with Gasteiger partial charge in [0.05, 0.1) is 11.1 Å². The second-order valence-corrected chi connectivity index (χ2v) is 6.34. The number of hydrogen-bond acceptors (Lipinski definition) is 4. The molecule has 2 aromatic heterocycles. The van der Waals surface area contributed by atoms with Gasteiger partial charge >= 0.3 is 0 Å². The summed E-state index contributed by atoms with van der Waals surface area (Å²) in [6.45, 7) is 2.09. The van der Waals surface area contributed by atoms with Crippen molar-refractivity contribution in [2.24, 2.45) is 0 Å². The van der Waals surface area contributed by atoms with E-state index in [1.54, 1.807) is 24.3 Å². The fourth-order valence-corrected chi connectivity index (χ4v) is 3.23. The van der Waals surface area contributed by atoms with Crippen LogP contribution in [0.25, 0.3) is 10.9 Å². The first-order chi connectivity index (χ1) is 12.2. The van der Waals surface area contributed by atoms with Gasteiger partial charge in [-0.3, -0.25) is 9.78 Å². The molecule has 3 heterocycles. The molecular formula is C20H20N4O. The van der Waals surface area contributed by atoms with Gasteiger partial charge in [0, 0.05) is 43.6 Å². The fourth-order valence-electron chi connectivity index (χ4n) is 3.23. The Hall–Kier alpha value is -2.95. The molecule has 25 heavy (non-hydrogen) atoms. The fraction of sp³-hybridized carbons (Fsp3) is 0.250. The van der Waals surface area contributed by atoms with Crippen LogP contribution >= 0.6 is 0 Å². The molecule has 0 saturated carbocycles. The second kappa shape index (κ2) is 6.51. The molecule has 0 bridgehead atoms. The molecule has 0 unspecified atom stereocenters. The highest BCUT2D eigenvalue weighted by Gasteiger charge is 2.17. The maximum atomic E-state index is 12.8. The van der Waals surface area contributed by atoms with E-state index in [0.29, 0.717) is 5.56 Å². The minimum absolute atomic E-state index is 0.0660. The lowest BCUT2D eigenvalue weighted by Crippen LogP contribution is -2.26. The zero-order valence-corrected chi connectivity index (χ0v) is 14.2. The molecule has 5 nitrogen and oxygen atoms in total. The molecule has 4 rings (SSSR count). The van der Waals surface area contributed by atoms with Crippen molar-refractivity contribution in [1.82, 2.24) is 9.97 Å². The molecule has 1 aliphatic rings. The summed E-state index contributed by atoms with van der Waals surface area (Å²) >= 11 is 0. The highest BCUT2D eigenvalue weighted by Crippen LogP contribution is 2.22. The van der Waals surface area contributed by atoms with E-state index in [1.807, 2.05) is 42.5 Å². The number of nitrogens with zero attached hydrogens (tertiary/aromatic N) is 4. The number of hydrogen-bond donors (Lipinski definition) is 0. The Balaban J connectivity index is 1.56. The summed E-state index contributed by atoms with van der Waals surface area (Å²) in [5.74, 6) is 0.886. The molecule has 5 heteroatoms. The first kappa shape index (κ1) is 15.6. The Labute approximate surface area is 146 Å². The van der Waals surface area contributed by atoms with Gasteiger partial charge in [-0.2, -0.15) is 0 Å². The predicted octanol–water partition coefficient (Wildman–Crippen LogP) is 3.51. The summed E-state index contributed by atoms with van der Waals surface area (Å²) in [6.07, 6.45) is 5.86. The Bertz CT molecular complexity index is 901. The van der Waals surface area contributed by atoms with Crippen LogP contribution in [0.2, 0.25) is 0 Å². The third-order valence-electron chi connectivity index (χ3n) is 4.70. The number of amides is 1. The number of carbonyl (C=O) groups is 1. The Kier molecular flexibility index (Phi) is 4.06. The molecule has 1 amide bonds. The van der Waals surface area contributed by atoms with Gasteiger partial charge in [0.1, 0.15) is 5.82 Å². The highest BCUT2D eigenvalue weighted by molar-refractivity contribution is 6.06. The van der Waals surface area contributed by atoms with Crippen molar-refractivity contribution in [3.05, 3.63) is 60.4 Å². The molecule has 1 aliphatic heterocycles. The molecule has 1 fully saturated rings. The molecule has 0 spiro atoms. The van der Waals surface area contributed by atoms with E-state index in [4.69, 9.17) is 0 Å². The zero-order chi connectivity index (χ0) is 17.2. The van der Waals surface area contributed by atoms with E-state index < -0.39 is 0 Å². The largest absolute Gasteiger partial charge is 0.357 e. The van der Waals surface area contributed by atoms with Crippen LogP contribution in [0.4, 0.5) is 11.5 Å². The van der Waals surface area contributed by atoms with Crippen LogP contribution in [0.15, 0.2) is 54.9 Å². The lowest BCUT2D eigenvalue weighted by molar-refractivity contribution is 0.0992. The van der Waals surface area contributed by atoms with E-state index in [9.17, 15) is 4.79 Å². The molecule has 0 N–H and O–H groups in total. The first-order valence-corrected chi connectivity index (χ1v) is 8.56. The lowest BCUT2D eigenvalue weighted by atomic mass is 10.1. The van der Waals surface area contributed by atoms with E-state index in [-0.39, 0.29) is 5.91 Å². The number of benzene rings is 1. The monoisotopic (exact) mass is 332 g/mol. The van der Waals surface area contributed by atoms with Crippen LogP contribution in [0.5, 0.6) is 0 Å². The van der Waals surface area contributed by atoms with Gasteiger partial charge in [0.25, 0.3) is 5.91 Å². The van der Waals surface area contributed by atoms with Crippen molar-refractivity contribution in [2.45, 2.75) is 12.8 Å². The third kappa shape index (κ3) is 3.05. The van der Waals surface area contributed by atoms with Crippen molar-refractivity contribution >= 4 is 28.3 Å². The van der Waals surface area contributed by atoms with Crippen LogP contribution in [-0.4, -0.2) is 36.0 Å². The molecule has 1 aromatic carbocycles. The van der Waals surface area contributed by atoms with Gasteiger partial charge in [-0.25, -0.2) is 4.98 Å². The number of pyridine rings is 2. The van der Waals surface area contributed by atoms with Crippen molar-refractivity contribution in [3.63, 3.8) is 0 Å². The normalized spacial score (nSPS) is 14.0. The predicted molar refractivity (Wildman–Crippen MR) is 100 cm³/mol. The van der Waals surface area contributed by atoms with Crippen LogP contribution in [0.3, 0.4) is 0 Å². The molecule has 3 aromatic rings. The number of fused-ring (bicyclic) bond motifs is 1. The summed E-state index contributed by atoms with van der Waals surface area (Å²) in [4.78, 5) is 25.5. The van der Waals surface area contributed by atoms with E-state index >= 15 is 0 Å². The van der Waals surface area contributed by atoms with Crippen LogP contribution in [-0.2, 0) is 0 Å². The van der Waals surface area contributed by atoms with Crippen molar-refractivity contribution < 1.29 is 4.79 Å². The van der Waals surface area contributed by atoms with Crippen molar-refractivity contribution in [3.8, 4) is 0 Å². The van der Waals surface area contributed by atoms with E-state index in [0.717, 1.165) is 35.5 Å². The maximum Gasteiger partial charge on any atom is 0.259 e. The van der Waals surface area contributed by atoms with Gasteiger partial charge < -0.3 is 9.80 Å². The third-order valence-corrected chi connectivity index (χ3v) is 4.70. The molecule has 1 saturated heterocycles. The van der Waals surface area contributed by atoms with Crippen molar-refractivity contribution in [2.75, 3.05) is 29.9 Å². The van der Waals surface area contributed by atoms with Gasteiger partial charge in [-0.05, 0) is 49.2 Å². The van der Waals surface area contributed by atoms with Gasteiger partial charge in [-0.1, -0.05) is 6.07 Å². The smallest absolute Gasteiger partial charge is 0.259 e. The summed E-state index contributed by atoms with van der Waals surface area (Å²) in [5.41, 5.74) is 2.36. The van der Waals surface area contributed by atoms with Crippen LogP contribution in [0.1, 0.15) is 23.2 Å². The van der Waals surface area contributed by atoms with E-state index in [2.05, 4.69) is 14.9 Å². The number of carbonyl (C=O) groups excluding carboxylic acids is 1. The average Bonchev–Trinajstić information content (AvgIpc) is 3.21. The maximum absolute atomic E-state index is 12.8. The van der Waals surface area contributed by atoms with Gasteiger partial charge in [0.15, 0.2) is 0 Å². The number of aromatic nitrogens is 2. The Morgan fingerprint density at radius 1 is 1.08 bits per heavy atom. The van der Waals surface area contributed by atoms with Crippen molar-refractivity contribution in [1.29, 1.82) is 0 Å². The van der Waals surface area contributed by atoms with Gasteiger partial charge in [-0.15, -0.1) is 0 Å². The zero-order valence-electron chi connectivity index (χ0n) is 14.2. The first-order valence-electron chi connectivity index (χ1n) is 8.56. The summed E-state index contributed by atoms with van der Waals surface area (Å²) in [5, 5.41) is 1.02.